The molecule has 0 saturated heterocycles. The van der Waals surface area contributed by atoms with Gasteiger partial charge >= 0.3 is 0 Å². The first-order valence-electron chi connectivity index (χ1n) is 5.08. The highest BCUT2D eigenvalue weighted by Crippen LogP contribution is 2.20. The number of hydrogen-bond donors (Lipinski definition) is 2. The minimum atomic E-state index is -4.45. The summed E-state index contributed by atoms with van der Waals surface area (Å²) in [4.78, 5) is -1.17. The summed E-state index contributed by atoms with van der Waals surface area (Å²) in [6.45, 7) is 1.33. The van der Waals surface area contributed by atoms with E-state index in [4.69, 9.17) is 5.73 Å². The maximum atomic E-state index is 13.3. The zero-order chi connectivity index (χ0) is 14.8. The number of thiocarbonyl (C=S) groups is 1. The molecule has 1 unspecified atom stereocenters. The highest BCUT2D eigenvalue weighted by Gasteiger charge is 2.25. The van der Waals surface area contributed by atoms with Crippen LogP contribution in [0.4, 0.5) is 13.2 Å². The van der Waals surface area contributed by atoms with Crippen LogP contribution in [0.3, 0.4) is 0 Å². The largest absolute Gasteiger partial charge is 0.393 e. The molecule has 1 aromatic rings. The third-order valence-electron chi connectivity index (χ3n) is 2.30. The van der Waals surface area contributed by atoms with Crippen LogP contribution in [0.15, 0.2) is 17.0 Å². The highest BCUT2D eigenvalue weighted by molar-refractivity contribution is 7.89. The zero-order valence-corrected chi connectivity index (χ0v) is 11.4. The van der Waals surface area contributed by atoms with Crippen molar-refractivity contribution in [1.29, 1.82) is 0 Å². The Labute approximate surface area is 113 Å². The van der Waals surface area contributed by atoms with E-state index in [0.29, 0.717) is 0 Å². The van der Waals surface area contributed by atoms with Gasteiger partial charge in [-0.25, -0.2) is 26.3 Å². The van der Waals surface area contributed by atoms with E-state index in [9.17, 15) is 21.6 Å². The van der Waals surface area contributed by atoms with Crippen LogP contribution in [-0.2, 0) is 10.0 Å². The molecular formula is C10H11F3N2O2S2. The summed E-state index contributed by atoms with van der Waals surface area (Å²) in [5.41, 5.74) is 5.28. The number of nitrogens with two attached hydrogens (primary N) is 1. The predicted octanol–water partition coefficient (Wildman–Crippen LogP) is 1.30. The number of hydrogen-bond acceptors (Lipinski definition) is 3. The molecule has 0 amide bonds. The molecule has 0 aliphatic heterocycles. The molecular weight excluding hydrogens is 301 g/mol. The van der Waals surface area contributed by atoms with Gasteiger partial charge in [0.15, 0.2) is 4.90 Å². The van der Waals surface area contributed by atoms with E-state index in [1.807, 2.05) is 4.72 Å². The maximum absolute atomic E-state index is 13.3. The molecule has 0 radical (unpaired) electrons. The van der Waals surface area contributed by atoms with Gasteiger partial charge in [-0.15, -0.1) is 0 Å². The van der Waals surface area contributed by atoms with E-state index in [1.165, 1.54) is 0 Å². The lowest BCUT2D eigenvalue weighted by Gasteiger charge is -2.12. The minimum Gasteiger partial charge on any atom is -0.393 e. The van der Waals surface area contributed by atoms with Crippen molar-refractivity contribution < 1.29 is 21.6 Å². The smallest absolute Gasteiger partial charge is 0.246 e. The van der Waals surface area contributed by atoms with Crippen molar-refractivity contribution in [3.8, 4) is 0 Å². The monoisotopic (exact) mass is 312 g/mol. The number of nitrogens with one attached hydrogen (secondary N) is 1. The first kappa shape index (κ1) is 15.9. The summed E-state index contributed by atoms with van der Waals surface area (Å²) in [5, 5.41) is 0. The fourth-order valence-electron chi connectivity index (χ4n) is 1.19. The molecule has 0 aromatic heterocycles. The van der Waals surface area contributed by atoms with Crippen molar-refractivity contribution in [3.05, 3.63) is 29.6 Å². The summed E-state index contributed by atoms with van der Waals surface area (Å²) in [6.07, 6.45) is 0. The Morgan fingerprint density at radius 1 is 1.37 bits per heavy atom. The Kier molecular flexibility index (Phi) is 4.88. The summed E-state index contributed by atoms with van der Waals surface area (Å²) < 4.78 is 64.8. The van der Waals surface area contributed by atoms with Gasteiger partial charge < -0.3 is 5.73 Å². The van der Waals surface area contributed by atoms with E-state index >= 15 is 0 Å². The third-order valence-corrected chi connectivity index (χ3v) is 4.17. The van der Waals surface area contributed by atoms with Crippen LogP contribution in [0, 0.1) is 23.4 Å². The lowest BCUT2D eigenvalue weighted by Crippen LogP contribution is -2.34. The summed E-state index contributed by atoms with van der Waals surface area (Å²) in [6, 6.07) is 0.573. The van der Waals surface area contributed by atoms with Crippen LogP contribution in [0.1, 0.15) is 6.92 Å². The van der Waals surface area contributed by atoms with Gasteiger partial charge in [0.1, 0.15) is 17.5 Å². The molecule has 1 atom stereocenters. The highest BCUT2D eigenvalue weighted by atomic mass is 32.2. The summed E-state index contributed by atoms with van der Waals surface area (Å²) in [5.74, 6) is -4.71. The average Bonchev–Trinajstić information content (AvgIpc) is 2.23. The van der Waals surface area contributed by atoms with Crippen molar-refractivity contribution in [2.45, 2.75) is 11.8 Å². The van der Waals surface area contributed by atoms with Gasteiger partial charge in [-0.1, -0.05) is 19.1 Å². The van der Waals surface area contributed by atoms with Crippen LogP contribution in [0.25, 0.3) is 0 Å². The van der Waals surface area contributed by atoms with Gasteiger partial charge in [-0.2, -0.15) is 0 Å². The molecule has 1 rings (SSSR count). The second-order valence-corrected chi connectivity index (χ2v) is 6.03. The van der Waals surface area contributed by atoms with E-state index in [2.05, 4.69) is 12.2 Å². The van der Waals surface area contributed by atoms with Crippen LogP contribution in [-0.4, -0.2) is 20.0 Å². The van der Waals surface area contributed by atoms with Crippen LogP contribution >= 0.6 is 12.2 Å². The standard InChI is InChI=1S/C10H11F3N2O2S2/c1-5(10(14)18)4-15-19(16,17)9-7(12)2-6(11)3-8(9)13/h2-3,5,15H,4H2,1H3,(H2,14,18). The fraction of sp³-hybridized carbons (Fsp3) is 0.300. The van der Waals surface area contributed by atoms with Gasteiger partial charge in [0.05, 0.1) is 4.99 Å². The quantitative estimate of drug-likeness (QED) is 0.804. The SMILES string of the molecule is CC(CNS(=O)(=O)c1c(F)cc(F)cc1F)C(N)=S. The normalized spacial score (nSPS) is 13.3. The molecule has 0 saturated carbocycles. The number of rotatable bonds is 5. The van der Waals surface area contributed by atoms with Gasteiger partial charge in [-0.05, 0) is 0 Å². The average molecular weight is 312 g/mol. The van der Waals surface area contributed by atoms with Crippen LogP contribution < -0.4 is 10.5 Å². The Balaban J connectivity index is 3.05. The van der Waals surface area contributed by atoms with E-state index in [-0.39, 0.29) is 23.7 Å². The van der Waals surface area contributed by atoms with Crippen LogP contribution in [0.5, 0.6) is 0 Å². The Morgan fingerprint density at radius 3 is 2.26 bits per heavy atom. The van der Waals surface area contributed by atoms with E-state index in [0.717, 1.165) is 0 Å². The lowest BCUT2D eigenvalue weighted by atomic mass is 10.2. The van der Waals surface area contributed by atoms with Crippen molar-refractivity contribution in [2.24, 2.45) is 11.7 Å². The predicted molar refractivity (Wildman–Crippen MR) is 67.5 cm³/mol. The molecule has 3 N–H and O–H groups in total. The third kappa shape index (κ3) is 3.88. The van der Waals surface area contributed by atoms with E-state index in [1.54, 1.807) is 6.92 Å². The molecule has 0 spiro atoms. The van der Waals surface area contributed by atoms with Crippen LogP contribution in [0.2, 0.25) is 0 Å². The van der Waals surface area contributed by atoms with Crippen molar-refractivity contribution >= 4 is 27.2 Å². The molecule has 0 aliphatic carbocycles. The molecule has 0 heterocycles. The van der Waals surface area contributed by atoms with Gasteiger partial charge in [0.25, 0.3) is 0 Å². The second-order valence-electron chi connectivity index (χ2n) is 3.85. The minimum absolute atomic E-state index is 0.0581. The van der Waals surface area contributed by atoms with Gasteiger partial charge in [0.2, 0.25) is 10.0 Å². The first-order chi connectivity index (χ1) is 8.65. The molecule has 106 valence electrons. The molecule has 19 heavy (non-hydrogen) atoms. The Bertz CT molecular complexity index is 582. The number of halogens is 3. The summed E-state index contributed by atoms with van der Waals surface area (Å²) >= 11 is 4.64. The zero-order valence-electron chi connectivity index (χ0n) is 9.78. The first-order valence-corrected chi connectivity index (χ1v) is 6.98. The molecule has 0 bridgehead atoms. The molecule has 1 aromatic carbocycles. The molecule has 9 heteroatoms. The van der Waals surface area contributed by atoms with Gasteiger partial charge in [0, 0.05) is 24.6 Å². The molecule has 4 nitrogen and oxygen atoms in total. The lowest BCUT2D eigenvalue weighted by molar-refractivity contribution is 0.493. The topological polar surface area (TPSA) is 72.2 Å². The van der Waals surface area contributed by atoms with Crippen molar-refractivity contribution in [1.82, 2.24) is 4.72 Å². The van der Waals surface area contributed by atoms with Gasteiger partial charge in [-0.3, -0.25) is 0 Å². The fourth-order valence-corrected chi connectivity index (χ4v) is 2.52. The summed E-state index contributed by atoms with van der Waals surface area (Å²) in [7, 11) is -4.45. The van der Waals surface area contributed by atoms with E-state index < -0.39 is 38.3 Å². The van der Waals surface area contributed by atoms with Crippen molar-refractivity contribution in [3.63, 3.8) is 0 Å². The second kappa shape index (κ2) is 5.85. The molecule has 0 aliphatic rings. The van der Waals surface area contributed by atoms with Crippen molar-refractivity contribution in [2.75, 3.05) is 6.54 Å². The number of sulfonamides is 1. The Hall–Kier alpha value is -1.19. The number of benzene rings is 1. The Morgan fingerprint density at radius 2 is 1.84 bits per heavy atom. The molecule has 0 fully saturated rings. The maximum Gasteiger partial charge on any atom is 0.246 e.